The minimum absolute atomic E-state index is 0.584. The van der Waals surface area contributed by atoms with Gasteiger partial charge in [0.05, 0.1) is 5.75 Å². The van der Waals surface area contributed by atoms with Crippen LogP contribution < -0.4 is 5.73 Å². The van der Waals surface area contributed by atoms with Crippen LogP contribution in [-0.4, -0.2) is 33.7 Å². The Bertz CT molecular complexity index is 233. The normalized spacial score (nSPS) is 17.7. The van der Waals surface area contributed by atoms with E-state index in [-0.39, 0.29) is 0 Å². The van der Waals surface area contributed by atoms with E-state index >= 15 is 0 Å². The first-order valence-electron chi connectivity index (χ1n) is 2.30. The summed E-state index contributed by atoms with van der Waals surface area (Å²) in [7, 11) is -4.64. The molecule has 0 aromatic carbocycles. The van der Waals surface area contributed by atoms with Gasteiger partial charge in [-0.15, -0.1) is 0 Å². The molecule has 9 heteroatoms. The molecule has 0 heterocycles. The van der Waals surface area contributed by atoms with Crippen molar-refractivity contribution in [3.63, 3.8) is 0 Å². The monoisotopic (exact) mass is 205 g/mol. The molecule has 0 aliphatic rings. The van der Waals surface area contributed by atoms with Gasteiger partial charge in [0.15, 0.2) is 11.1 Å². The molecule has 0 saturated heterocycles. The summed E-state index contributed by atoms with van der Waals surface area (Å²) in [5.41, 5.74) is 4.85. The molecule has 68 valence electrons. The number of nitrogens with two attached hydrogens (primary N) is 1. The highest BCUT2D eigenvalue weighted by Gasteiger charge is 2.14. The maximum Gasteiger partial charge on any atom is 0.398 e. The molecule has 0 bridgehead atoms. The van der Waals surface area contributed by atoms with Gasteiger partial charge in [-0.1, -0.05) is 0 Å². The van der Waals surface area contributed by atoms with Crippen LogP contribution in [-0.2, 0) is 25.7 Å². The standard InChI is InChI=1S/C2H7NO6S2/c3-2(1-10(4)5)9-11(6,7)8/h2H,1,3H2,(H,4,5)(H,6,7,8). The van der Waals surface area contributed by atoms with E-state index in [4.69, 9.17) is 14.8 Å². The van der Waals surface area contributed by atoms with Gasteiger partial charge >= 0.3 is 10.4 Å². The van der Waals surface area contributed by atoms with Gasteiger partial charge < -0.3 is 10.3 Å². The van der Waals surface area contributed by atoms with Crippen molar-refractivity contribution >= 4 is 21.5 Å². The molecule has 0 saturated carbocycles. The molecule has 2 unspecified atom stereocenters. The summed E-state index contributed by atoms with van der Waals surface area (Å²) in [6.07, 6.45) is -1.50. The molecule has 0 radical (unpaired) electrons. The van der Waals surface area contributed by atoms with Crippen molar-refractivity contribution in [2.24, 2.45) is 5.73 Å². The highest BCUT2D eigenvalue weighted by Crippen LogP contribution is 1.92. The first-order chi connectivity index (χ1) is 4.81. The zero-order chi connectivity index (χ0) is 9.07. The van der Waals surface area contributed by atoms with Crippen LogP contribution >= 0.6 is 0 Å². The second-order valence-corrected chi connectivity index (χ2v) is 3.57. The number of rotatable bonds is 4. The lowest BCUT2D eigenvalue weighted by Gasteiger charge is -2.05. The third kappa shape index (κ3) is 7.84. The Morgan fingerprint density at radius 3 is 2.36 bits per heavy atom. The van der Waals surface area contributed by atoms with Gasteiger partial charge in [0.1, 0.15) is 6.23 Å². The van der Waals surface area contributed by atoms with Crippen LogP contribution in [0.1, 0.15) is 0 Å². The van der Waals surface area contributed by atoms with Crippen molar-refractivity contribution < 1.29 is 25.9 Å². The summed E-state index contributed by atoms with van der Waals surface area (Å²) >= 11 is -2.26. The molecule has 0 aromatic heterocycles. The van der Waals surface area contributed by atoms with E-state index in [9.17, 15) is 12.6 Å². The smallest absolute Gasteiger partial charge is 0.306 e. The predicted molar refractivity (Wildman–Crippen MR) is 36.2 cm³/mol. The molecular formula is C2H7NO6S2. The molecule has 0 aliphatic heterocycles. The van der Waals surface area contributed by atoms with Gasteiger partial charge in [0, 0.05) is 0 Å². The minimum Gasteiger partial charge on any atom is -0.306 e. The molecule has 0 amide bonds. The molecule has 0 spiro atoms. The van der Waals surface area contributed by atoms with Crippen LogP contribution in [0.15, 0.2) is 0 Å². The Morgan fingerprint density at radius 1 is 1.64 bits per heavy atom. The molecule has 7 nitrogen and oxygen atoms in total. The van der Waals surface area contributed by atoms with E-state index in [2.05, 4.69) is 4.18 Å². The second-order valence-electron chi connectivity index (χ2n) is 1.55. The van der Waals surface area contributed by atoms with Crippen LogP contribution in [0.5, 0.6) is 0 Å². The van der Waals surface area contributed by atoms with Gasteiger partial charge in [-0.05, 0) is 0 Å². The van der Waals surface area contributed by atoms with Gasteiger partial charge in [-0.3, -0.25) is 4.55 Å². The van der Waals surface area contributed by atoms with Crippen molar-refractivity contribution in [1.29, 1.82) is 0 Å². The van der Waals surface area contributed by atoms with E-state index in [1.165, 1.54) is 0 Å². The fourth-order valence-electron chi connectivity index (χ4n) is 0.324. The summed E-state index contributed by atoms with van der Waals surface area (Å²) < 4.78 is 49.6. The van der Waals surface area contributed by atoms with Crippen LogP contribution in [0.3, 0.4) is 0 Å². The maximum absolute atomic E-state index is 9.97. The summed E-state index contributed by atoms with van der Waals surface area (Å²) in [5, 5.41) is 0. The van der Waals surface area contributed by atoms with Crippen molar-refractivity contribution in [1.82, 2.24) is 0 Å². The quantitative estimate of drug-likeness (QED) is 0.284. The molecule has 11 heavy (non-hydrogen) atoms. The first-order valence-corrected chi connectivity index (χ1v) is 4.94. The number of hydrogen-bond donors (Lipinski definition) is 3. The average molecular weight is 205 g/mol. The average Bonchev–Trinajstić information content (AvgIpc) is 1.53. The topological polar surface area (TPSA) is 127 Å². The highest BCUT2D eigenvalue weighted by molar-refractivity contribution is 7.81. The van der Waals surface area contributed by atoms with Crippen molar-refractivity contribution in [3.8, 4) is 0 Å². The minimum atomic E-state index is -4.64. The van der Waals surface area contributed by atoms with Crippen molar-refractivity contribution in [2.75, 3.05) is 5.75 Å². The third-order valence-electron chi connectivity index (χ3n) is 0.552. The van der Waals surface area contributed by atoms with Gasteiger partial charge in [0.25, 0.3) is 0 Å². The molecule has 0 aromatic rings. The van der Waals surface area contributed by atoms with Crippen molar-refractivity contribution in [3.05, 3.63) is 0 Å². The fraction of sp³-hybridized carbons (Fsp3) is 1.00. The lowest BCUT2D eigenvalue weighted by molar-refractivity contribution is 0.205. The summed E-state index contributed by atoms with van der Waals surface area (Å²) in [6.45, 7) is 0. The molecule has 4 N–H and O–H groups in total. The Hall–Kier alpha value is -0.0600. The van der Waals surface area contributed by atoms with E-state index < -0.39 is 33.5 Å². The second kappa shape index (κ2) is 4.09. The van der Waals surface area contributed by atoms with Crippen LogP contribution in [0.4, 0.5) is 0 Å². The molecule has 0 fully saturated rings. The zero-order valence-electron chi connectivity index (χ0n) is 5.21. The highest BCUT2D eigenvalue weighted by atomic mass is 32.3. The van der Waals surface area contributed by atoms with E-state index in [1.54, 1.807) is 0 Å². The van der Waals surface area contributed by atoms with Gasteiger partial charge in [-0.2, -0.15) is 8.42 Å². The molecule has 2 atom stereocenters. The molecular weight excluding hydrogens is 198 g/mol. The van der Waals surface area contributed by atoms with E-state index in [0.29, 0.717) is 0 Å². The lowest BCUT2D eigenvalue weighted by Crippen LogP contribution is -2.32. The summed E-state index contributed by atoms with van der Waals surface area (Å²) in [4.78, 5) is 0. The summed E-state index contributed by atoms with van der Waals surface area (Å²) in [6, 6.07) is 0. The van der Waals surface area contributed by atoms with Gasteiger partial charge in [-0.25, -0.2) is 8.39 Å². The third-order valence-corrected chi connectivity index (χ3v) is 1.66. The molecule has 0 aliphatic carbocycles. The lowest BCUT2D eigenvalue weighted by atomic mass is 10.7. The van der Waals surface area contributed by atoms with Crippen LogP contribution in [0, 0.1) is 0 Å². The van der Waals surface area contributed by atoms with Gasteiger partial charge in [0.2, 0.25) is 0 Å². The van der Waals surface area contributed by atoms with Crippen molar-refractivity contribution in [2.45, 2.75) is 6.23 Å². The fourth-order valence-corrected chi connectivity index (χ4v) is 1.14. The van der Waals surface area contributed by atoms with Crippen LogP contribution in [0.2, 0.25) is 0 Å². The Kier molecular flexibility index (Phi) is 4.07. The van der Waals surface area contributed by atoms with E-state index in [1.807, 2.05) is 0 Å². The SMILES string of the molecule is NC(CS(=O)O)OS(=O)(=O)O. The summed E-state index contributed by atoms with van der Waals surface area (Å²) in [5.74, 6) is -0.584. The predicted octanol–water partition coefficient (Wildman–Crippen LogP) is -1.69. The maximum atomic E-state index is 9.97. The first kappa shape index (κ1) is 10.9. The number of hydrogen-bond acceptors (Lipinski definition) is 5. The Labute approximate surface area is 65.8 Å². The van der Waals surface area contributed by atoms with Crippen LogP contribution in [0.25, 0.3) is 0 Å². The zero-order valence-corrected chi connectivity index (χ0v) is 6.84. The molecule has 0 rings (SSSR count). The Balaban J connectivity index is 3.89. The Morgan fingerprint density at radius 2 is 2.09 bits per heavy atom. The van der Waals surface area contributed by atoms with E-state index in [0.717, 1.165) is 0 Å². The largest absolute Gasteiger partial charge is 0.398 e.